The molecule has 0 aliphatic carbocycles. The fourth-order valence-corrected chi connectivity index (χ4v) is 2.05. The molecule has 19 heavy (non-hydrogen) atoms. The van der Waals surface area contributed by atoms with Crippen LogP contribution in [0.25, 0.3) is 0 Å². The number of aromatic nitrogens is 1. The Hall–Kier alpha value is -1.36. The molecule has 0 aliphatic rings. The lowest BCUT2D eigenvalue weighted by atomic mass is 9.93. The maximum absolute atomic E-state index is 12.4. The van der Waals surface area contributed by atoms with Crippen molar-refractivity contribution in [3.63, 3.8) is 0 Å². The minimum absolute atomic E-state index is 0.0763. The van der Waals surface area contributed by atoms with Gasteiger partial charge in [-0.1, -0.05) is 32.9 Å². The van der Waals surface area contributed by atoms with Crippen molar-refractivity contribution < 1.29 is 14.4 Å². The van der Waals surface area contributed by atoms with Gasteiger partial charge in [-0.2, -0.15) is 0 Å². The second-order valence-corrected chi connectivity index (χ2v) is 5.26. The lowest BCUT2D eigenvalue weighted by Gasteiger charge is -2.30. The van der Waals surface area contributed by atoms with Crippen LogP contribution in [0.3, 0.4) is 0 Å². The Labute approximate surface area is 114 Å². The number of nitrogens with zero attached hydrogens (tertiary/aromatic N) is 1. The summed E-state index contributed by atoms with van der Waals surface area (Å²) < 4.78 is 5.22. The van der Waals surface area contributed by atoms with E-state index in [9.17, 15) is 9.90 Å². The second kappa shape index (κ2) is 6.19. The molecule has 0 spiro atoms. The van der Waals surface area contributed by atoms with Gasteiger partial charge >= 0.3 is 0 Å². The van der Waals surface area contributed by atoms with E-state index in [1.54, 1.807) is 6.92 Å². The summed E-state index contributed by atoms with van der Waals surface area (Å²) in [5, 5.41) is 16.3. The van der Waals surface area contributed by atoms with Crippen LogP contribution in [0.4, 0.5) is 0 Å². The number of amides is 1. The van der Waals surface area contributed by atoms with Crippen molar-refractivity contribution in [2.24, 2.45) is 0 Å². The topological polar surface area (TPSA) is 75.4 Å². The molecule has 5 nitrogen and oxygen atoms in total. The average Bonchev–Trinajstić information content (AvgIpc) is 2.78. The van der Waals surface area contributed by atoms with Crippen molar-refractivity contribution in [1.29, 1.82) is 0 Å². The summed E-state index contributed by atoms with van der Waals surface area (Å²) in [4.78, 5) is 12.4. The molecule has 1 amide bonds. The van der Waals surface area contributed by atoms with Gasteiger partial charge in [-0.3, -0.25) is 4.79 Å². The maximum Gasteiger partial charge on any atom is 0.257 e. The zero-order chi connectivity index (χ0) is 14.6. The van der Waals surface area contributed by atoms with E-state index in [1.165, 1.54) is 0 Å². The summed E-state index contributed by atoms with van der Waals surface area (Å²) in [5.41, 5.74) is 0.504. The maximum atomic E-state index is 12.4. The molecule has 0 saturated carbocycles. The third-order valence-corrected chi connectivity index (χ3v) is 3.68. The summed E-state index contributed by atoms with van der Waals surface area (Å²) in [6, 6.07) is 0. The van der Waals surface area contributed by atoms with Crippen LogP contribution in [-0.4, -0.2) is 28.3 Å². The van der Waals surface area contributed by atoms with Crippen LogP contribution in [0.1, 0.15) is 68.3 Å². The number of carbonyl (C=O) groups excluding carboxylic acids is 1. The highest BCUT2D eigenvalue weighted by atomic mass is 16.5. The van der Waals surface area contributed by atoms with Crippen molar-refractivity contribution in [1.82, 2.24) is 10.5 Å². The second-order valence-electron chi connectivity index (χ2n) is 5.26. The van der Waals surface area contributed by atoms with Crippen LogP contribution >= 0.6 is 0 Å². The molecule has 1 aromatic rings. The van der Waals surface area contributed by atoms with Gasteiger partial charge < -0.3 is 14.9 Å². The van der Waals surface area contributed by atoms with E-state index in [0.717, 1.165) is 0 Å². The minimum atomic E-state index is -0.574. The zero-order valence-electron chi connectivity index (χ0n) is 12.4. The zero-order valence-corrected chi connectivity index (χ0v) is 12.4. The molecule has 0 saturated heterocycles. The number of hydrogen-bond acceptors (Lipinski definition) is 4. The number of hydrogen-bond donors (Lipinski definition) is 2. The van der Waals surface area contributed by atoms with Gasteiger partial charge in [0.1, 0.15) is 5.56 Å². The lowest BCUT2D eigenvalue weighted by molar-refractivity contribution is 0.0815. The van der Waals surface area contributed by atoms with Crippen LogP contribution in [0.15, 0.2) is 4.52 Å². The predicted octanol–water partition coefficient (Wildman–Crippen LogP) is 2.39. The van der Waals surface area contributed by atoms with E-state index in [0.29, 0.717) is 29.9 Å². The van der Waals surface area contributed by atoms with E-state index in [1.807, 2.05) is 27.7 Å². The molecule has 0 radical (unpaired) electrons. The number of rotatable bonds is 6. The summed E-state index contributed by atoms with van der Waals surface area (Å²) in [7, 11) is 0. The van der Waals surface area contributed by atoms with Gasteiger partial charge in [0.2, 0.25) is 0 Å². The molecule has 0 aromatic carbocycles. The van der Waals surface area contributed by atoms with Gasteiger partial charge in [0.15, 0.2) is 5.76 Å². The third kappa shape index (κ3) is 3.15. The van der Waals surface area contributed by atoms with Crippen LogP contribution in [0.5, 0.6) is 0 Å². The van der Waals surface area contributed by atoms with E-state index in [-0.39, 0.29) is 18.4 Å². The highest BCUT2D eigenvalue weighted by Gasteiger charge is 2.31. The van der Waals surface area contributed by atoms with E-state index < -0.39 is 5.54 Å². The number of carbonyl (C=O) groups is 1. The molecule has 0 bridgehead atoms. The first-order valence-electron chi connectivity index (χ1n) is 6.80. The first-order valence-corrected chi connectivity index (χ1v) is 6.80. The Morgan fingerprint density at radius 1 is 1.42 bits per heavy atom. The smallest absolute Gasteiger partial charge is 0.257 e. The first-order chi connectivity index (χ1) is 8.90. The standard InChI is InChI=1S/C14H24N2O3/c1-6-14(7-2,8-17)15-13(18)11-10(5)16-19-12(11)9(3)4/h9,17H,6-8H2,1-5H3,(H,15,18). The van der Waals surface area contributed by atoms with Crippen LogP contribution in [-0.2, 0) is 0 Å². The van der Waals surface area contributed by atoms with Crippen LogP contribution < -0.4 is 5.32 Å². The number of aliphatic hydroxyl groups excluding tert-OH is 1. The Morgan fingerprint density at radius 3 is 2.42 bits per heavy atom. The summed E-state index contributed by atoms with van der Waals surface area (Å²) >= 11 is 0. The Bertz CT molecular complexity index is 426. The molecule has 0 fully saturated rings. The van der Waals surface area contributed by atoms with Crippen molar-refractivity contribution in [3.05, 3.63) is 17.0 Å². The van der Waals surface area contributed by atoms with Gasteiger partial charge in [-0.25, -0.2) is 0 Å². The summed E-state index contributed by atoms with van der Waals surface area (Å²) in [6.45, 7) is 9.48. The quantitative estimate of drug-likeness (QED) is 0.830. The first kappa shape index (κ1) is 15.7. The Kier molecular flexibility index (Phi) is 5.11. The number of aryl methyl sites for hydroxylation is 1. The predicted molar refractivity (Wildman–Crippen MR) is 73.2 cm³/mol. The largest absolute Gasteiger partial charge is 0.394 e. The normalized spacial score (nSPS) is 11.9. The molecule has 1 aromatic heterocycles. The van der Waals surface area contributed by atoms with Gasteiger partial charge in [-0.15, -0.1) is 0 Å². The van der Waals surface area contributed by atoms with Gasteiger partial charge in [0.05, 0.1) is 17.8 Å². The molecule has 0 atom stereocenters. The highest BCUT2D eigenvalue weighted by molar-refractivity contribution is 5.96. The van der Waals surface area contributed by atoms with Crippen molar-refractivity contribution >= 4 is 5.91 Å². The molecule has 1 rings (SSSR count). The van der Waals surface area contributed by atoms with Crippen molar-refractivity contribution in [2.45, 2.75) is 58.9 Å². The Balaban J connectivity index is 3.04. The average molecular weight is 268 g/mol. The fourth-order valence-electron chi connectivity index (χ4n) is 2.05. The van der Waals surface area contributed by atoms with E-state index in [2.05, 4.69) is 10.5 Å². The minimum Gasteiger partial charge on any atom is -0.394 e. The van der Waals surface area contributed by atoms with Crippen molar-refractivity contribution in [2.75, 3.05) is 6.61 Å². The molecule has 2 N–H and O–H groups in total. The summed E-state index contributed by atoms with van der Waals surface area (Å²) in [5.74, 6) is 0.461. The monoisotopic (exact) mass is 268 g/mol. The lowest BCUT2D eigenvalue weighted by Crippen LogP contribution is -2.50. The summed E-state index contributed by atoms with van der Waals surface area (Å²) in [6.07, 6.45) is 1.35. The fraction of sp³-hybridized carbons (Fsp3) is 0.714. The molecule has 0 unspecified atom stereocenters. The molecular weight excluding hydrogens is 244 g/mol. The number of nitrogens with one attached hydrogen (secondary N) is 1. The molecular formula is C14H24N2O3. The molecule has 5 heteroatoms. The highest BCUT2D eigenvalue weighted by Crippen LogP contribution is 2.23. The Morgan fingerprint density at radius 2 is 2.00 bits per heavy atom. The SMILES string of the molecule is CCC(CC)(CO)NC(=O)c1c(C)noc1C(C)C. The molecule has 0 aliphatic heterocycles. The third-order valence-electron chi connectivity index (χ3n) is 3.68. The van der Waals surface area contributed by atoms with Crippen LogP contribution in [0.2, 0.25) is 0 Å². The van der Waals surface area contributed by atoms with Gasteiger partial charge in [0, 0.05) is 5.92 Å². The van der Waals surface area contributed by atoms with E-state index in [4.69, 9.17) is 4.52 Å². The molecule has 1 heterocycles. The van der Waals surface area contributed by atoms with E-state index >= 15 is 0 Å². The van der Waals surface area contributed by atoms with Crippen LogP contribution in [0, 0.1) is 6.92 Å². The van der Waals surface area contributed by atoms with Gasteiger partial charge in [-0.05, 0) is 19.8 Å². The number of aliphatic hydroxyl groups is 1. The van der Waals surface area contributed by atoms with Crippen molar-refractivity contribution in [3.8, 4) is 0 Å². The van der Waals surface area contributed by atoms with Gasteiger partial charge in [0.25, 0.3) is 5.91 Å². The molecule has 108 valence electrons.